The number of thiocarbonyl (C=S) groups is 1. The summed E-state index contributed by atoms with van der Waals surface area (Å²) in [5.74, 6) is 0. The molecule has 0 amide bonds. The zero-order valence-electron chi connectivity index (χ0n) is 21.3. The molecule has 7 heteroatoms. The molecule has 35 heavy (non-hydrogen) atoms. The number of nitrogens with one attached hydrogen (secondary N) is 1. The van der Waals surface area contributed by atoms with Crippen LogP contribution >= 0.6 is 12.2 Å². The predicted molar refractivity (Wildman–Crippen MR) is 147 cm³/mol. The zero-order chi connectivity index (χ0) is 24.6. The van der Waals surface area contributed by atoms with Crippen LogP contribution in [0.3, 0.4) is 0 Å². The molecule has 3 aliphatic heterocycles. The highest BCUT2D eigenvalue weighted by molar-refractivity contribution is 7.80. The number of likely N-dealkylation sites (N-methyl/N-ethyl adjacent to an activating group) is 1. The lowest BCUT2D eigenvalue weighted by Crippen LogP contribution is -2.42. The third-order valence-electron chi connectivity index (χ3n) is 7.76. The molecule has 2 saturated heterocycles. The average molecular weight is 492 g/mol. The second-order valence-corrected chi connectivity index (χ2v) is 10.8. The number of anilines is 1. The van der Waals surface area contributed by atoms with Gasteiger partial charge in [-0.25, -0.2) is 0 Å². The lowest BCUT2D eigenvalue weighted by Gasteiger charge is -2.41. The quantitative estimate of drug-likeness (QED) is 0.601. The summed E-state index contributed by atoms with van der Waals surface area (Å²) in [5.41, 5.74) is 6.21. The summed E-state index contributed by atoms with van der Waals surface area (Å²) in [6.07, 6.45) is 5.30. The Morgan fingerprint density at radius 2 is 1.94 bits per heavy atom. The maximum atomic E-state index is 5.89. The van der Waals surface area contributed by atoms with Gasteiger partial charge in [0.15, 0.2) is 5.11 Å². The van der Waals surface area contributed by atoms with Gasteiger partial charge >= 0.3 is 0 Å². The van der Waals surface area contributed by atoms with E-state index in [1.54, 1.807) is 0 Å². The van der Waals surface area contributed by atoms with Crippen molar-refractivity contribution in [2.45, 2.75) is 44.8 Å². The number of hydrogen-bond acceptors (Lipinski definition) is 5. The van der Waals surface area contributed by atoms with Crippen molar-refractivity contribution in [3.63, 3.8) is 0 Å². The number of nitrogens with zero attached hydrogens (tertiary/aromatic N) is 4. The Balaban J connectivity index is 1.45. The molecule has 5 rings (SSSR count). The van der Waals surface area contributed by atoms with Gasteiger partial charge in [-0.2, -0.15) is 0 Å². The van der Waals surface area contributed by atoms with Crippen molar-refractivity contribution in [3.05, 3.63) is 65.5 Å². The molecular weight excluding hydrogens is 454 g/mol. The molecule has 2 fully saturated rings. The second-order valence-electron chi connectivity index (χ2n) is 10.4. The Labute approximate surface area is 215 Å². The van der Waals surface area contributed by atoms with E-state index in [4.69, 9.17) is 21.9 Å². The highest BCUT2D eigenvalue weighted by Gasteiger charge is 2.40. The van der Waals surface area contributed by atoms with Crippen LogP contribution in [0.5, 0.6) is 0 Å². The zero-order valence-corrected chi connectivity index (χ0v) is 22.1. The van der Waals surface area contributed by atoms with Gasteiger partial charge in [-0.1, -0.05) is 18.2 Å². The summed E-state index contributed by atoms with van der Waals surface area (Å²) in [7, 11) is 2.18. The van der Waals surface area contributed by atoms with E-state index in [2.05, 4.69) is 84.2 Å². The van der Waals surface area contributed by atoms with E-state index in [9.17, 15) is 0 Å². The smallest absolute Gasteiger partial charge is 0.170 e. The minimum Gasteiger partial charge on any atom is -0.379 e. The van der Waals surface area contributed by atoms with Gasteiger partial charge in [0.1, 0.15) is 0 Å². The number of benzene rings is 1. The maximum absolute atomic E-state index is 5.89. The summed E-state index contributed by atoms with van der Waals surface area (Å²) in [5, 5.41) is 4.42. The summed E-state index contributed by atoms with van der Waals surface area (Å²) in [6, 6.07) is 13.2. The molecule has 0 spiro atoms. The fourth-order valence-electron chi connectivity index (χ4n) is 5.66. The van der Waals surface area contributed by atoms with Crippen LogP contribution < -0.4 is 10.2 Å². The minimum atomic E-state index is -0.00288. The molecule has 186 valence electrons. The predicted octanol–water partition coefficient (Wildman–Crippen LogP) is 4.41. The molecule has 0 saturated carbocycles. The molecule has 2 aromatic rings. The van der Waals surface area contributed by atoms with Crippen LogP contribution in [-0.4, -0.2) is 71.9 Å². The maximum Gasteiger partial charge on any atom is 0.170 e. The van der Waals surface area contributed by atoms with Gasteiger partial charge in [0.25, 0.3) is 0 Å². The largest absolute Gasteiger partial charge is 0.379 e. The lowest BCUT2D eigenvalue weighted by molar-refractivity contribution is 0.0365. The third kappa shape index (κ3) is 4.82. The Morgan fingerprint density at radius 3 is 2.69 bits per heavy atom. The van der Waals surface area contributed by atoms with E-state index in [1.165, 1.54) is 22.4 Å². The Kier molecular flexibility index (Phi) is 6.84. The molecular formula is C28H37N5OS. The molecule has 0 aliphatic carbocycles. The Morgan fingerprint density at radius 1 is 1.14 bits per heavy atom. The molecule has 0 bridgehead atoms. The fourth-order valence-corrected chi connectivity index (χ4v) is 5.99. The first-order valence-corrected chi connectivity index (χ1v) is 13.1. The molecule has 2 atom stereocenters. The van der Waals surface area contributed by atoms with E-state index in [0.29, 0.717) is 0 Å². The van der Waals surface area contributed by atoms with Crippen molar-refractivity contribution in [2.24, 2.45) is 0 Å². The third-order valence-corrected chi connectivity index (χ3v) is 8.11. The number of hydrogen-bond donors (Lipinski definition) is 1. The van der Waals surface area contributed by atoms with Crippen LogP contribution in [0.1, 0.15) is 56.1 Å². The van der Waals surface area contributed by atoms with Crippen LogP contribution in [0.15, 0.2) is 48.7 Å². The van der Waals surface area contributed by atoms with Gasteiger partial charge in [0.05, 0.1) is 36.5 Å². The van der Waals surface area contributed by atoms with Gasteiger partial charge < -0.3 is 19.9 Å². The van der Waals surface area contributed by atoms with Gasteiger partial charge in [-0.3, -0.25) is 9.88 Å². The molecule has 3 aliphatic rings. The van der Waals surface area contributed by atoms with Crippen molar-refractivity contribution < 1.29 is 4.74 Å². The van der Waals surface area contributed by atoms with Crippen LogP contribution in [-0.2, 0) is 4.74 Å². The van der Waals surface area contributed by atoms with Crippen LogP contribution in [0.4, 0.5) is 5.69 Å². The van der Waals surface area contributed by atoms with E-state index < -0.39 is 0 Å². The van der Waals surface area contributed by atoms with Crippen molar-refractivity contribution in [1.29, 1.82) is 0 Å². The molecule has 1 aromatic heterocycles. The molecule has 1 aromatic carbocycles. The standard InChI is InChI=1S/C28H37N5OS/c1-20-19-28(2,3)31(4)24-10-9-21(18-22(20)24)26-25(23-8-5-6-11-29-23)30-27(35)33(26)13-7-12-32-14-16-34-17-15-32/h5-6,8-11,18-19,25-26H,7,12-17H2,1-4H3,(H,30,35)/t25-,26-/m0/s1. The first-order valence-electron chi connectivity index (χ1n) is 12.7. The van der Waals surface area contributed by atoms with Crippen molar-refractivity contribution in [3.8, 4) is 0 Å². The number of aromatic nitrogens is 1. The normalized spacial score (nSPS) is 24.2. The van der Waals surface area contributed by atoms with Crippen LogP contribution in [0, 0.1) is 0 Å². The second kappa shape index (κ2) is 9.88. The van der Waals surface area contributed by atoms with Crippen molar-refractivity contribution in [1.82, 2.24) is 20.1 Å². The molecule has 0 radical (unpaired) electrons. The molecule has 4 heterocycles. The van der Waals surface area contributed by atoms with Gasteiger partial charge in [-0.15, -0.1) is 0 Å². The number of ether oxygens (including phenoxy) is 1. The average Bonchev–Trinajstić information content (AvgIpc) is 3.19. The lowest BCUT2D eigenvalue weighted by atomic mass is 9.86. The van der Waals surface area contributed by atoms with E-state index in [0.717, 1.165) is 56.6 Å². The summed E-state index contributed by atoms with van der Waals surface area (Å²) in [4.78, 5) is 11.9. The van der Waals surface area contributed by atoms with Crippen molar-refractivity contribution in [2.75, 3.05) is 51.3 Å². The number of rotatable bonds is 6. The monoisotopic (exact) mass is 491 g/mol. The SMILES string of the molecule is CC1=CC(C)(C)N(C)c2ccc([C@H]3[C@H](c4ccccn4)NC(=S)N3CCCN3CCOCC3)cc21. The minimum absolute atomic E-state index is 0.00288. The van der Waals surface area contributed by atoms with Gasteiger partial charge in [0, 0.05) is 50.7 Å². The summed E-state index contributed by atoms with van der Waals surface area (Å²) in [6.45, 7) is 12.4. The fraction of sp³-hybridized carbons (Fsp3) is 0.500. The van der Waals surface area contributed by atoms with E-state index >= 15 is 0 Å². The number of pyridine rings is 1. The highest BCUT2D eigenvalue weighted by atomic mass is 32.1. The van der Waals surface area contributed by atoms with Crippen LogP contribution in [0.25, 0.3) is 5.57 Å². The van der Waals surface area contributed by atoms with Gasteiger partial charge in [-0.05, 0) is 74.8 Å². The van der Waals surface area contributed by atoms with Crippen molar-refractivity contribution >= 4 is 28.6 Å². The highest BCUT2D eigenvalue weighted by Crippen LogP contribution is 2.43. The van der Waals surface area contributed by atoms with E-state index in [-0.39, 0.29) is 17.6 Å². The number of allylic oxidation sites excluding steroid dienone is 1. The summed E-state index contributed by atoms with van der Waals surface area (Å²) >= 11 is 5.89. The first kappa shape index (κ1) is 24.2. The topological polar surface area (TPSA) is 43.9 Å². The van der Waals surface area contributed by atoms with Crippen LogP contribution in [0.2, 0.25) is 0 Å². The molecule has 0 unspecified atom stereocenters. The van der Waals surface area contributed by atoms with E-state index in [1.807, 2.05) is 12.3 Å². The number of fused-ring (bicyclic) bond motifs is 1. The number of morpholine rings is 1. The first-order chi connectivity index (χ1) is 16.8. The Bertz CT molecular complexity index is 1100. The molecule has 1 N–H and O–H groups in total. The Hall–Kier alpha value is -2.48. The summed E-state index contributed by atoms with van der Waals surface area (Å²) < 4.78 is 5.51. The molecule has 6 nitrogen and oxygen atoms in total. The van der Waals surface area contributed by atoms with Gasteiger partial charge in [0.2, 0.25) is 0 Å².